The van der Waals surface area contributed by atoms with Gasteiger partial charge < -0.3 is 0 Å². The van der Waals surface area contributed by atoms with Crippen molar-refractivity contribution in [3.63, 3.8) is 0 Å². The third-order valence-electron chi connectivity index (χ3n) is 1.84. The maximum Gasteiger partial charge on any atom is 0.270 e. The zero-order valence-corrected chi connectivity index (χ0v) is 7.27. The summed E-state index contributed by atoms with van der Waals surface area (Å²) in [6, 6.07) is 6.54. The molecule has 0 aliphatic heterocycles. The first kappa shape index (κ1) is 9.17. The van der Waals surface area contributed by atoms with E-state index < -0.39 is 5.92 Å². The fourth-order valence-corrected chi connectivity index (χ4v) is 1.06. The smallest absolute Gasteiger partial charge is 0.202 e. The van der Waals surface area contributed by atoms with E-state index in [1.807, 2.05) is 13.0 Å². The minimum atomic E-state index is -2.72. The highest BCUT2D eigenvalue weighted by atomic mass is 19.3. The van der Waals surface area contributed by atoms with Crippen molar-refractivity contribution in [3.05, 3.63) is 35.4 Å². The van der Waals surface area contributed by atoms with Gasteiger partial charge in [-0.05, 0) is 18.1 Å². The lowest BCUT2D eigenvalue weighted by atomic mass is 10.1. The summed E-state index contributed by atoms with van der Waals surface area (Å²) >= 11 is 0. The first-order chi connectivity index (χ1) is 5.54. The molecule has 1 aromatic rings. The normalized spacial score (nSPS) is 11.7. The molecule has 0 aromatic heterocycles. The van der Waals surface area contributed by atoms with Crippen LogP contribution >= 0.6 is 0 Å². The Hall–Kier alpha value is -0.920. The topological polar surface area (TPSA) is 0 Å². The molecule has 0 N–H and O–H groups in total. The maximum atomic E-state index is 12.8. The summed E-state index contributed by atoms with van der Waals surface area (Å²) < 4.78 is 25.5. The van der Waals surface area contributed by atoms with E-state index in [1.54, 1.807) is 12.1 Å². The molecular weight excluding hydrogens is 158 g/mol. The van der Waals surface area contributed by atoms with E-state index in [0.717, 1.165) is 18.9 Å². The standard InChI is InChI=1S/C10H12F2/c1-3-8-5-4-6-9(7-8)10(2,11)12/h4-7H,3H2,1-2H3. The van der Waals surface area contributed by atoms with Crippen LogP contribution in [0, 0.1) is 0 Å². The van der Waals surface area contributed by atoms with Crippen molar-refractivity contribution in [1.29, 1.82) is 0 Å². The predicted octanol–water partition coefficient (Wildman–Crippen LogP) is 3.36. The molecule has 0 saturated heterocycles. The number of rotatable bonds is 2. The van der Waals surface area contributed by atoms with E-state index in [-0.39, 0.29) is 5.56 Å². The fourth-order valence-electron chi connectivity index (χ4n) is 1.06. The lowest BCUT2D eigenvalue weighted by Crippen LogP contribution is -2.06. The molecule has 12 heavy (non-hydrogen) atoms. The summed E-state index contributed by atoms with van der Waals surface area (Å²) in [7, 11) is 0. The molecule has 0 spiro atoms. The van der Waals surface area contributed by atoms with Crippen LogP contribution in [0.4, 0.5) is 8.78 Å². The largest absolute Gasteiger partial charge is 0.270 e. The van der Waals surface area contributed by atoms with Crippen LogP contribution < -0.4 is 0 Å². The van der Waals surface area contributed by atoms with Crippen LogP contribution in [0.5, 0.6) is 0 Å². The van der Waals surface area contributed by atoms with Gasteiger partial charge in [-0.3, -0.25) is 0 Å². The molecule has 0 aliphatic carbocycles. The van der Waals surface area contributed by atoms with Gasteiger partial charge in [0.2, 0.25) is 0 Å². The van der Waals surface area contributed by atoms with Crippen LogP contribution in [0.25, 0.3) is 0 Å². The van der Waals surface area contributed by atoms with Crippen LogP contribution in [0.3, 0.4) is 0 Å². The average molecular weight is 170 g/mol. The van der Waals surface area contributed by atoms with E-state index in [9.17, 15) is 8.78 Å². The molecule has 1 rings (SSSR count). The van der Waals surface area contributed by atoms with Crippen LogP contribution in [-0.2, 0) is 12.3 Å². The number of halogens is 2. The SMILES string of the molecule is CCc1cccc(C(C)(F)F)c1. The number of alkyl halides is 2. The molecule has 0 radical (unpaired) electrons. The minimum absolute atomic E-state index is 0.0989. The molecule has 0 amide bonds. The fraction of sp³-hybridized carbons (Fsp3) is 0.400. The number of benzene rings is 1. The molecule has 0 unspecified atom stereocenters. The average Bonchev–Trinajstić information content (AvgIpc) is 2.03. The zero-order chi connectivity index (χ0) is 9.19. The Bertz CT molecular complexity index is 261. The van der Waals surface area contributed by atoms with Crippen molar-refractivity contribution in [3.8, 4) is 0 Å². The van der Waals surface area contributed by atoms with Gasteiger partial charge in [-0.25, -0.2) is 8.78 Å². The summed E-state index contributed by atoms with van der Waals surface area (Å²) in [5, 5.41) is 0. The molecule has 0 saturated carbocycles. The Balaban J connectivity index is 3.02. The van der Waals surface area contributed by atoms with E-state index in [0.29, 0.717) is 0 Å². The predicted molar refractivity (Wildman–Crippen MR) is 45.4 cm³/mol. The maximum absolute atomic E-state index is 12.8. The molecule has 0 heterocycles. The molecule has 0 fully saturated rings. The van der Waals surface area contributed by atoms with E-state index in [4.69, 9.17) is 0 Å². The van der Waals surface area contributed by atoms with Crippen molar-refractivity contribution >= 4 is 0 Å². The van der Waals surface area contributed by atoms with Crippen LogP contribution in [0.15, 0.2) is 24.3 Å². The van der Waals surface area contributed by atoms with Crippen molar-refractivity contribution in [1.82, 2.24) is 0 Å². The number of hydrogen-bond donors (Lipinski definition) is 0. The highest BCUT2D eigenvalue weighted by Gasteiger charge is 2.23. The van der Waals surface area contributed by atoms with Gasteiger partial charge in [-0.1, -0.05) is 25.1 Å². The lowest BCUT2D eigenvalue weighted by molar-refractivity contribution is 0.0174. The molecule has 2 heteroatoms. The van der Waals surface area contributed by atoms with Crippen LogP contribution in [0.1, 0.15) is 25.0 Å². The van der Waals surface area contributed by atoms with Gasteiger partial charge >= 0.3 is 0 Å². The lowest BCUT2D eigenvalue weighted by Gasteiger charge is -2.10. The third kappa shape index (κ3) is 2.03. The number of hydrogen-bond acceptors (Lipinski definition) is 0. The summed E-state index contributed by atoms with van der Waals surface area (Å²) in [5.41, 5.74) is 1.05. The minimum Gasteiger partial charge on any atom is -0.202 e. The van der Waals surface area contributed by atoms with E-state index >= 15 is 0 Å². The number of aryl methyl sites for hydroxylation is 1. The monoisotopic (exact) mass is 170 g/mol. The van der Waals surface area contributed by atoms with Gasteiger partial charge in [0.15, 0.2) is 0 Å². The molecule has 66 valence electrons. The van der Waals surface area contributed by atoms with E-state index in [1.165, 1.54) is 6.07 Å². The highest BCUT2D eigenvalue weighted by Crippen LogP contribution is 2.27. The second kappa shape index (κ2) is 3.21. The molecule has 0 nitrogen and oxygen atoms in total. The van der Waals surface area contributed by atoms with E-state index in [2.05, 4.69) is 0 Å². The van der Waals surface area contributed by atoms with Gasteiger partial charge in [0.25, 0.3) is 5.92 Å². The zero-order valence-electron chi connectivity index (χ0n) is 7.27. The van der Waals surface area contributed by atoms with Gasteiger partial charge in [0.1, 0.15) is 0 Å². The Morgan fingerprint density at radius 1 is 1.33 bits per heavy atom. The van der Waals surface area contributed by atoms with Crippen molar-refractivity contribution in [2.24, 2.45) is 0 Å². The molecule has 0 atom stereocenters. The second-order valence-electron chi connectivity index (χ2n) is 2.94. The molecular formula is C10H12F2. The first-order valence-electron chi connectivity index (χ1n) is 4.01. The van der Waals surface area contributed by atoms with Crippen LogP contribution in [0.2, 0.25) is 0 Å². The summed E-state index contributed by atoms with van der Waals surface area (Å²) in [6.07, 6.45) is 0.796. The Morgan fingerprint density at radius 2 is 2.00 bits per heavy atom. The highest BCUT2D eigenvalue weighted by molar-refractivity contribution is 5.26. The Morgan fingerprint density at radius 3 is 2.50 bits per heavy atom. The summed E-state index contributed by atoms with van der Waals surface area (Å²) in [6.45, 7) is 2.87. The van der Waals surface area contributed by atoms with Crippen molar-refractivity contribution < 1.29 is 8.78 Å². The Labute approximate surface area is 71.2 Å². The van der Waals surface area contributed by atoms with Crippen LogP contribution in [-0.4, -0.2) is 0 Å². The summed E-state index contributed by atoms with van der Waals surface area (Å²) in [4.78, 5) is 0. The molecule has 0 aliphatic rings. The third-order valence-corrected chi connectivity index (χ3v) is 1.84. The Kier molecular flexibility index (Phi) is 2.46. The van der Waals surface area contributed by atoms with Crippen molar-refractivity contribution in [2.45, 2.75) is 26.2 Å². The van der Waals surface area contributed by atoms with Gasteiger partial charge in [-0.15, -0.1) is 0 Å². The van der Waals surface area contributed by atoms with Gasteiger partial charge in [0, 0.05) is 12.5 Å². The van der Waals surface area contributed by atoms with Crippen molar-refractivity contribution in [2.75, 3.05) is 0 Å². The quantitative estimate of drug-likeness (QED) is 0.638. The second-order valence-corrected chi connectivity index (χ2v) is 2.94. The molecule has 0 bridgehead atoms. The first-order valence-corrected chi connectivity index (χ1v) is 4.01. The summed E-state index contributed by atoms with van der Waals surface area (Å²) in [5.74, 6) is -2.72. The molecule has 1 aromatic carbocycles. The van der Waals surface area contributed by atoms with Gasteiger partial charge in [-0.2, -0.15) is 0 Å². The van der Waals surface area contributed by atoms with Gasteiger partial charge in [0.05, 0.1) is 0 Å².